The van der Waals surface area contributed by atoms with Crippen molar-refractivity contribution in [3.05, 3.63) is 90.3 Å². The molecule has 0 amide bonds. The first kappa shape index (κ1) is 23.5. The fourth-order valence-corrected chi connectivity index (χ4v) is 4.73. The van der Waals surface area contributed by atoms with Crippen LogP contribution in [0.4, 0.5) is 5.82 Å². The fraction of sp³-hybridized carbons (Fsp3) is 0.393. The maximum Gasteiger partial charge on any atom is 0.176 e. The predicted molar refractivity (Wildman–Crippen MR) is 138 cm³/mol. The number of rotatable bonds is 11. The van der Waals surface area contributed by atoms with Crippen LogP contribution < -0.4 is 5.32 Å². The lowest BCUT2D eigenvalue weighted by Gasteiger charge is -2.34. The average Bonchev–Trinajstić information content (AvgIpc) is 3.39. The van der Waals surface area contributed by atoms with Gasteiger partial charge in [0.1, 0.15) is 18.2 Å². The Bertz CT molecular complexity index is 1120. The monoisotopic (exact) mass is 470 g/mol. The van der Waals surface area contributed by atoms with E-state index in [0.717, 1.165) is 56.9 Å². The molecule has 2 aromatic carbocycles. The SMILES string of the molecule is c1ccc(C(OC2CCN(CCCCCNc3ccc4ncnn4n3)CC2)c2ccccc2)cc1. The molecule has 0 saturated carbocycles. The molecular weight excluding hydrogens is 436 g/mol. The van der Waals surface area contributed by atoms with E-state index in [1.807, 2.05) is 12.1 Å². The molecule has 182 valence electrons. The van der Waals surface area contributed by atoms with Gasteiger partial charge in [-0.15, -0.1) is 14.8 Å². The van der Waals surface area contributed by atoms with Crippen LogP contribution in [0.1, 0.15) is 49.3 Å². The highest BCUT2D eigenvalue weighted by Crippen LogP contribution is 2.30. The predicted octanol–water partition coefficient (Wildman–Crippen LogP) is 4.98. The summed E-state index contributed by atoms with van der Waals surface area (Å²) in [4.78, 5) is 6.71. The van der Waals surface area contributed by atoms with Gasteiger partial charge in [0, 0.05) is 19.6 Å². The van der Waals surface area contributed by atoms with E-state index in [1.54, 1.807) is 4.63 Å². The number of hydrogen-bond acceptors (Lipinski definition) is 6. The van der Waals surface area contributed by atoms with Crippen molar-refractivity contribution >= 4 is 11.5 Å². The van der Waals surface area contributed by atoms with Gasteiger partial charge < -0.3 is 15.0 Å². The number of ether oxygens (including phenoxy) is 1. The van der Waals surface area contributed by atoms with Gasteiger partial charge >= 0.3 is 0 Å². The molecule has 2 aromatic heterocycles. The highest BCUT2D eigenvalue weighted by atomic mass is 16.5. The minimum absolute atomic E-state index is 0.00112. The van der Waals surface area contributed by atoms with Gasteiger partial charge in [0.2, 0.25) is 0 Å². The van der Waals surface area contributed by atoms with E-state index in [0.29, 0.717) is 6.10 Å². The Morgan fingerprint density at radius 1 is 0.857 bits per heavy atom. The number of fused-ring (bicyclic) bond motifs is 1. The van der Waals surface area contributed by atoms with E-state index in [-0.39, 0.29) is 6.10 Å². The summed E-state index contributed by atoms with van der Waals surface area (Å²) in [5.74, 6) is 0.842. The van der Waals surface area contributed by atoms with Crippen LogP contribution in [0.25, 0.3) is 5.65 Å². The smallest absolute Gasteiger partial charge is 0.176 e. The largest absolute Gasteiger partial charge is 0.369 e. The van der Waals surface area contributed by atoms with E-state index >= 15 is 0 Å². The molecule has 1 aliphatic heterocycles. The quantitative estimate of drug-likeness (QED) is 0.312. The molecule has 0 spiro atoms. The van der Waals surface area contributed by atoms with Crippen LogP contribution in [0.2, 0.25) is 0 Å². The number of hydrogen-bond donors (Lipinski definition) is 1. The normalized spacial score (nSPS) is 15.1. The summed E-state index contributed by atoms with van der Waals surface area (Å²) in [5.41, 5.74) is 3.22. The van der Waals surface area contributed by atoms with Crippen molar-refractivity contribution in [1.29, 1.82) is 0 Å². The highest BCUT2D eigenvalue weighted by molar-refractivity contribution is 5.42. The lowest BCUT2D eigenvalue weighted by atomic mass is 10.00. The minimum atomic E-state index is 0.00112. The van der Waals surface area contributed by atoms with Crippen molar-refractivity contribution in [2.45, 2.75) is 44.3 Å². The zero-order valence-corrected chi connectivity index (χ0v) is 20.2. The molecule has 3 heterocycles. The molecular formula is C28H34N6O. The second kappa shape index (κ2) is 11.9. The number of nitrogens with zero attached hydrogens (tertiary/aromatic N) is 5. The highest BCUT2D eigenvalue weighted by Gasteiger charge is 2.24. The van der Waals surface area contributed by atoms with E-state index in [2.05, 4.69) is 86.1 Å². The first-order chi connectivity index (χ1) is 17.3. The zero-order valence-electron chi connectivity index (χ0n) is 20.2. The maximum atomic E-state index is 6.68. The van der Waals surface area contributed by atoms with Crippen molar-refractivity contribution in [3.8, 4) is 0 Å². The fourth-order valence-electron chi connectivity index (χ4n) is 4.73. The van der Waals surface area contributed by atoms with Gasteiger partial charge in [-0.3, -0.25) is 0 Å². The van der Waals surface area contributed by atoms with Crippen molar-refractivity contribution in [1.82, 2.24) is 24.7 Å². The van der Waals surface area contributed by atoms with Gasteiger partial charge in [0.25, 0.3) is 0 Å². The number of unbranched alkanes of at least 4 members (excludes halogenated alkanes) is 2. The lowest BCUT2D eigenvalue weighted by Crippen LogP contribution is -2.38. The van der Waals surface area contributed by atoms with Crippen molar-refractivity contribution < 1.29 is 4.74 Å². The first-order valence-corrected chi connectivity index (χ1v) is 12.7. The molecule has 0 unspecified atom stereocenters. The second-order valence-electron chi connectivity index (χ2n) is 9.19. The molecule has 0 radical (unpaired) electrons. The molecule has 4 aromatic rings. The number of nitrogens with one attached hydrogen (secondary N) is 1. The standard InChI is InChI=1S/C28H34N6O/c1-4-10-23(11-5-1)28(24-12-6-2-7-13-24)35-25-16-20-33(21-17-25)19-9-3-8-18-29-26-14-15-27-30-22-31-34(27)32-26/h1-2,4-7,10-15,22,25,28H,3,8-9,16-21H2,(H,29,32). The topological polar surface area (TPSA) is 67.6 Å². The van der Waals surface area contributed by atoms with Crippen LogP contribution in [0, 0.1) is 0 Å². The van der Waals surface area contributed by atoms with Crippen LogP contribution in [0.3, 0.4) is 0 Å². The molecule has 7 nitrogen and oxygen atoms in total. The van der Waals surface area contributed by atoms with Crippen LogP contribution in [0.5, 0.6) is 0 Å². The van der Waals surface area contributed by atoms with Gasteiger partial charge in [0.15, 0.2) is 5.65 Å². The Morgan fingerprint density at radius 3 is 2.29 bits per heavy atom. The van der Waals surface area contributed by atoms with E-state index in [9.17, 15) is 0 Å². The first-order valence-electron chi connectivity index (χ1n) is 12.7. The van der Waals surface area contributed by atoms with Gasteiger partial charge in [0.05, 0.1) is 6.10 Å². The van der Waals surface area contributed by atoms with Crippen LogP contribution in [0.15, 0.2) is 79.1 Å². The average molecular weight is 471 g/mol. The Hall–Kier alpha value is -3.29. The number of aromatic nitrogens is 4. The van der Waals surface area contributed by atoms with Gasteiger partial charge in [-0.1, -0.05) is 67.1 Å². The summed E-state index contributed by atoms with van der Waals surface area (Å²) < 4.78 is 8.24. The Kier molecular flexibility index (Phi) is 7.98. The molecule has 1 N–H and O–H groups in total. The Balaban J connectivity index is 1.01. The summed E-state index contributed by atoms with van der Waals surface area (Å²) in [6.45, 7) is 4.31. The molecule has 1 fully saturated rings. The number of piperidine rings is 1. The van der Waals surface area contributed by atoms with Crippen molar-refractivity contribution in [3.63, 3.8) is 0 Å². The molecule has 1 aliphatic rings. The van der Waals surface area contributed by atoms with E-state index in [1.165, 1.54) is 30.3 Å². The summed E-state index contributed by atoms with van der Waals surface area (Å²) in [5, 5.41) is 11.9. The third kappa shape index (κ3) is 6.44. The Morgan fingerprint density at radius 2 is 1.57 bits per heavy atom. The molecule has 0 aliphatic carbocycles. The van der Waals surface area contributed by atoms with Crippen LogP contribution in [-0.4, -0.2) is 57.0 Å². The summed E-state index contributed by atoms with van der Waals surface area (Å²) in [7, 11) is 0. The molecule has 0 atom stereocenters. The molecule has 35 heavy (non-hydrogen) atoms. The number of benzene rings is 2. The van der Waals surface area contributed by atoms with Gasteiger partial charge in [-0.2, -0.15) is 0 Å². The van der Waals surface area contributed by atoms with Crippen molar-refractivity contribution in [2.75, 3.05) is 31.5 Å². The van der Waals surface area contributed by atoms with Gasteiger partial charge in [-0.05, 0) is 55.5 Å². The minimum Gasteiger partial charge on any atom is -0.369 e. The second-order valence-corrected chi connectivity index (χ2v) is 9.19. The van der Waals surface area contributed by atoms with Gasteiger partial charge in [-0.25, -0.2) is 4.98 Å². The molecule has 7 heteroatoms. The summed E-state index contributed by atoms with van der Waals surface area (Å²) >= 11 is 0. The summed E-state index contributed by atoms with van der Waals surface area (Å²) in [6, 6.07) is 25.1. The van der Waals surface area contributed by atoms with E-state index in [4.69, 9.17) is 4.74 Å². The molecule has 0 bridgehead atoms. The third-order valence-electron chi connectivity index (χ3n) is 6.67. The lowest BCUT2D eigenvalue weighted by molar-refractivity contribution is -0.0270. The maximum absolute atomic E-state index is 6.68. The van der Waals surface area contributed by atoms with Crippen LogP contribution in [-0.2, 0) is 4.74 Å². The van der Waals surface area contributed by atoms with Crippen molar-refractivity contribution in [2.24, 2.45) is 0 Å². The number of anilines is 1. The molecule has 5 rings (SSSR count). The number of likely N-dealkylation sites (tertiary alicyclic amines) is 1. The molecule has 1 saturated heterocycles. The van der Waals surface area contributed by atoms with Crippen LogP contribution >= 0.6 is 0 Å². The third-order valence-corrected chi connectivity index (χ3v) is 6.67. The Labute approximate surface area is 207 Å². The summed E-state index contributed by atoms with van der Waals surface area (Å²) in [6.07, 6.45) is 7.57. The zero-order chi connectivity index (χ0) is 23.7. The van der Waals surface area contributed by atoms with E-state index < -0.39 is 0 Å².